The first-order valence-corrected chi connectivity index (χ1v) is 7.35. The van der Waals surface area contributed by atoms with Crippen molar-refractivity contribution in [3.63, 3.8) is 0 Å². The lowest BCUT2D eigenvalue weighted by atomic mass is 10.0. The van der Waals surface area contributed by atoms with Crippen LogP contribution in [0.15, 0.2) is 18.2 Å². The van der Waals surface area contributed by atoms with Crippen LogP contribution >= 0.6 is 0 Å². The zero-order valence-corrected chi connectivity index (χ0v) is 12.6. The van der Waals surface area contributed by atoms with Gasteiger partial charge >= 0.3 is 0 Å². The van der Waals surface area contributed by atoms with Crippen LogP contribution in [0.2, 0.25) is 0 Å². The van der Waals surface area contributed by atoms with Crippen molar-refractivity contribution < 1.29 is 14.3 Å². The highest BCUT2D eigenvalue weighted by atomic mass is 19.1. The van der Waals surface area contributed by atoms with E-state index in [1.807, 2.05) is 25.1 Å². The SMILES string of the molecule is CN(C)Cc1ccc(CNC(=O)C2CCCC2O)cc1F. The van der Waals surface area contributed by atoms with Gasteiger partial charge in [-0.3, -0.25) is 4.79 Å². The first-order valence-electron chi connectivity index (χ1n) is 7.35. The summed E-state index contributed by atoms with van der Waals surface area (Å²) >= 11 is 0. The maximum absolute atomic E-state index is 13.9. The van der Waals surface area contributed by atoms with E-state index in [0.29, 0.717) is 25.1 Å². The number of benzene rings is 1. The van der Waals surface area contributed by atoms with E-state index in [4.69, 9.17) is 0 Å². The smallest absolute Gasteiger partial charge is 0.225 e. The number of nitrogens with zero attached hydrogens (tertiary/aromatic N) is 1. The van der Waals surface area contributed by atoms with Gasteiger partial charge in [0.15, 0.2) is 0 Å². The van der Waals surface area contributed by atoms with Gasteiger partial charge < -0.3 is 15.3 Å². The largest absolute Gasteiger partial charge is 0.392 e. The molecule has 1 saturated carbocycles. The third kappa shape index (κ3) is 4.25. The van der Waals surface area contributed by atoms with Gasteiger partial charge in [-0.05, 0) is 45.0 Å². The van der Waals surface area contributed by atoms with Gasteiger partial charge in [-0.2, -0.15) is 0 Å². The number of carbonyl (C=O) groups excluding carboxylic acids is 1. The number of hydrogen-bond donors (Lipinski definition) is 2. The lowest BCUT2D eigenvalue weighted by Gasteiger charge is -2.15. The molecule has 4 nitrogen and oxygen atoms in total. The van der Waals surface area contributed by atoms with E-state index >= 15 is 0 Å². The number of rotatable bonds is 5. The van der Waals surface area contributed by atoms with Gasteiger partial charge in [-0.1, -0.05) is 12.1 Å². The fraction of sp³-hybridized carbons (Fsp3) is 0.562. The molecule has 21 heavy (non-hydrogen) atoms. The first kappa shape index (κ1) is 15.9. The highest BCUT2D eigenvalue weighted by Gasteiger charge is 2.31. The van der Waals surface area contributed by atoms with Gasteiger partial charge in [0.2, 0.25) is 5.91 Å². The molecule has 0 saturated heterocycles. The summed E-state index contributed by atoms with van der Waals surface area (Å²) in [4.78, 5) is 13.9. The second-order valence-corrected chi connectivity index (χ2v) is 5.99. The highest BCUT2D eigenvalue weighted by molar-refractivity contribution is 5.79. The molecule has 2 unspecified atom stereocenters. The minimum absolute atomic E-state index is 0.141. The molecule has 1 amide bonds. The lowest BCUT2D eigenvalue weighted by Crippen LogP contribution is -2.34. The van der Waals surface area contributed by atoms with Crippen molar-refractivity contribution >= 4 is 5.91 Å². The Balaban J connectivity index is 1.91. The van der Waals surface area contributed by atoms with Crippen molar-refractivity contribution in [3.05, 3.63) is 35.1 Å². The average molecular weight is 294 g/mol. The van der Waals surface area contributed by atoms with Crippen LogP contribution < -0.4 is 5.32 Å². The van der Waals surface area contributed by atoms with Crippen molar-refractivity contribution in [2.24, 2.45) is 5.92 Å². The van der Waals surface area contributed by atoms with Gasteiger partial charge in [0.25, 0.3) is 0 Å². The zero-order chi connectivity index (χ0) is 15.4. The molecule has 0 bridgehead atoms. The van der Waals surface area contributed by atoms with Crippen LogP contribution in [-0.2, 0) is 17.9 Å². The molecule has 1 fully saturated rings. The van der Waals surface area contributed by atoms with Gasteiger partial charge in [0, 0.05) is 18.7 Å². The Morgan fingerprint density at radius 2 is 2.19 bits per heavy atom. The van der Waals surface area contributed by atoms with Crippen molar-refractivity contribution in [2.75, 3.05) is 14.1 Å². The van der Waals surface area contributed by atoms with Crippen LogP contribution in [0, 0.1) is 11.7 Å². The van der Waals surface area contributed by atoms with Crippen molar-refractivity contribution in [2.45, 2.75) is 38.5 Å². The molecule has 0 aliphatic heterocycles. The molecule has 0 heterocycles. The number of carbonyl (C=O) groups is 1. The van der Waals surface area contributed by atoms with E-state index in [9.17, 15) is 14.3 Å². The Morgan fingerprint density at radius 1 is 1.43 bits per heavy atom. The fourth-order valence-electron chi connectivity index (χ4n) is 2.74. The summed E-state index contributed by atoms with van der Waals surface area (Å²) in [6.45, 7) is 0.841. The summed E-state index contributed by atoms with van der Waals surface area (Å²) in [6.07, 6.45) is 1.76. The number of aliphatic hydroxyl groups excluding tert-OH is 1. The second kappa shape index (κ2) is 7.00. The summed E-state index contributed by atoms with van der Waals surface area (Å²) in [5.74, 6) is -0.711. The molecular formula is C16H23FN2O2. The minimum Gasteiger partial charge on any atom is -0.392 e. The van der Waals surface area contributed by atoms with Crippen LogP contribution in [0.5, 0.6) is 0 Å². The third-order valence-corrected chi connectivity index (χ3v) is 3.89. The Hall–Kier alpha value is -1.46. The summed E-state index contributed by atoms with van der Waals surface area (Å²) in [6, 6.07) is 5.04. The molecule has 0 radical (unpaired) electrons. The lowest BCUT2D eigenvalue weighted by molar-refractivity contribution is -0.127. The quantitative estimate of drug-likeness (QED) is 0.868. The molecule has 1 aromatic carbocycles. The topological polar surface area (TPSA) is 52.6 Å². The molecule has 1 aliphatic carbocycles. The van der Waals surface area contributed by atoms with E-state index in [2.05, 4.69) is 5.32 Å². The van der Waals surface area contributed by atoms with Crippen LogP contribution in [0.3, 0.4) is 0 Å². The summed E-state index contributed by atoms with van der Waals surface area (Å²) in [5.41, 5.74) is 1.37. The van der Waals surface area contributed by atoms with Gasteiger partial charge in [0.05, 0.1) is 12.0 Å². The monoisotopic (exact) mass is 294 g/mol. The molecule has 0 spiro atoms. The maximum atomic E-state index is 13.9. The Kier molecular flexibility index (Phi) is 5.31. The van der Waals surface area contributed by atoms with Gasteiger partial charge in [-0.25, -0.2) is 4.39 Å². The summed E-state index contributed by atoms with van der Waals surface area (Å²) < 4.78 is 13.9. The maximum Gasteiger partial charge on any atom is 0.225 e. The van der Waals surface area contributed by atoms with Crippen LogP contribution in [0.1, 0.15) is 30.4 Å². The summed E-state index contributed by atoms with van der Waals surface area (Å²) in [5, 5.41) is 12.5. The Morgan fingerprint density at radius 3 is 2.76 bits per heavy atom. The first-order chi connectivity index (χ1) is 9.97. The predicted octanol–water partition coefficient (Wildman–Crippen LogP) is 1.66. The van der Waals surface area contributed by atoms with E-state index in [-0.39, 0.29) is 17.6 Å². The normalized spacial score (nSPS) is 21.8. The number of nitrogens with one attached hydrogen (secondary N) is 1. The van der Waals surface area contributed by atoms with Crippen molar-refractivity contribution in [1.82, 2.24) is 10.2 Å². The standard InChI is InChI=1S/C16H23FN2O2/c1-19(2)10-12-7-6-11(8-14(12)17)9-18-16(21)13-4-3-5-15(13)20/h6-8,13,15,20H,3-5,9-10H2,1-2H3,(H,18,21). The molecule has 1 aliphatic rings. The third-order valence-electron chi connectivity index (χ3n) is 3.89. The average Bonchev–Trinajstić information content (AvgIpc) is 2.85. The molecular weight excluding hydrogens is 271 g/mol. The number of amides is 1. The van der Waals surface area contributed by atoms with Crippen LogP contribution in [0.4, 0.5) is 4.39 Å². The van der Waals surface area contributed by atoms with Crippen LogP contribution in [0.25, 0.3) is 0 Å². The van der Waals surface area contributed by atoms with E-state index in [0.717, 1.165) is 18.4 Å². The second-order valence-electron chi connectivity index (χ2n) is 5.99. The van der Waals surface area contributed by atoms with Crippen LogP contribution in [-0.4, -0.2) is 36.1 Å². The summed E-state index contributed by atoms with van der Waals surface area (Å²) in [7, 11) is 3.78. The molecule has 2 rings (SSSR count). The predicted molar refractivity (Wildman–Crippen MR) is 79.0 cm³/mol. The zero-order valence-electron chi connectivity index (χ0n) is 12.6. The van der Waals surface area contributed by atoms with Gasteiger partial charge in [-0.15, -0.1) is 0 Å². The molecule has 1 aromatic rings. The fourth-order valence-corrected chi connectivity index (χ4v) is 2.74. The molecule has 5 heteroatoms. The Labute approximate surface area is 125 Å². The number of aliphatic hydroxyl groups is 1. The van der Waals surface area contributed by atoms with E-state index in [1.54, 1.807) is 6.07 Å². The molecule has 0 aromatic heterocycles. The number of hydrogen-bond acceptors (Lipinski definition) is 3. The highest BCUT2D eigenvalue weighted by Crippen LogP contribution is 2.25. The van der Waals surface area contributed by atoms with Crippen molar-refractivity contribution in [1.29, 1.82) is 0 Å². The van der Waals surface area contributed by atoms with Crippen molar-refractivity contribution in [3.8, 4) is 0 Å². The molecule has 2 atom stereocenters. The minimum atomic E-state index is -0.538. The number of halogens is 1. The van der Waals surface area contributed by atoms with Gasteiger partial charge in [0.1, 0.15) is 5.82 Å². The van der Waals surface area contributed by atoms with E-state index in [1.165, 1.54) is 6.07 Å². The molecule has 2 N–H and O–H groups in total. The molecule has 116 valence electrons. The Bertz CT molecular complexity index is 505. The van der Waals surface area contributed by atoms with E-state index < -0.39 is 6.10 Å².